The molecule has 0 saturated heterocycles. The molecule has 10 nitrogen and oxygen atoms in total. The summed E-state index contributed by atoms with van der Waals surface area (Å²) in [5.74, 6) is -0.611. The standard InChI is InChI=1S/C21H23N5O5S2/c1-5-17(25(33(4,30)31)18-12-16(26(28)29)11-8-14(18)3)19(27)22-21-24-23-20(32-21)15-9-6-13(2)7-10-15/h6-12,17H,5H2,1-4H3,(H,22,24,27). The number of hydrogen-bond acceptors (Lipinski definition) is 8. The van der Waals surface area contributed by atoms with Gasteiger partial charge in [-0.2, -0.15) is 0 Å². The average Bonchev–Trinajstić information content (AvgIpc) is 3.20. The molecule has 0 radical (unpaired) electrons. The van der Waals surface area contributed by atoms with Crippen LogP contribution in [-0.2, 0) is 14.8 Å². The fourth-order valence-corrected chi connectivity index (χ4v) is 5.27. The van der Waals surface area contributed by atoms with Crippen LogP contribution < -0.4 is 9.62 Å². The van der Waals surface area contributed by atoms with Gasteiger partial charge in [0.25, 0.3) is 5.69 Å². The van der Waals surface area contributed by atoms with E-state index >= 15 is 0 Å². The maximum Gasteiger partial charge on any atom is 0.271 e. The zero-order valence-corrected chi connectivity index (χ0v) is 20.1. The van der Waals surface area contributed by atoms with Crippen LogP contribution >= 0.6 is 11.3 Å². The van der Waals surface area contributed by atoms with Crippen LogP contribution in [-0.4, -0.2) is 41.7 Å². The molecule has 1 aromatic heterocycles. The van der Waals surface area contributed by atoms with E-state index in [1.807, 2.05) is 31.2 Å². The number of hydrogen-bond donors (Lipinski definition) is 1. The number of aromatic nitrogens is 2. The highest BCUT2D eigenvalue weighted by Crippen LogP contribution is 2.31. The van der Waals surface area contributed by atoms with Crippen molar-refractivity contribution in [1.82, 2.24) is 10.2 Å². The summed E-state index contributed by atoms with van der Waals surface area (Å²) in [4.78, 5) is 23.7. The van der Waals surface area contributed by atoms with Gasteiger partial charge in [-0.1, -0.05) is 54.2 Å². The van der Waals surface area contributed by atoms with Gasteiger partial charge < -0.3 is 0 Å². The zero-order valence-electron chi connectivity index (χ0n) is 18.5. The number of carbonyl (C=O) groups excluding carboxylic acids is 1. The molecule has 1 atom stereocenters. The fraction of sp³-hybridized carbons (Fsp3) is 0.286. The summed E-state index contributed by atoms with van der Waals surface area (Å²) in [6.07, 6.45) is 1.09. The van der Waals surface area contributed by atoms with E-state index in [2.05, 4.69) is 15.5 Å². The molecule has 3 aromatic rings. The monoisotopic (exact) mass is 489 g/mol. The molecule has 0 bridgehead atoms. The Morgan fingerprint density at radius 2 is 1.85 bits per heavy atom. The molecule has 1 unspecified atom stereocenters. The van der Waals surface area contributed by atoms with Crippen LogP contribution in [0.15, 0.2) is 42.5 Å². The molecule has 0 aliphatic heterocycles. The number of benzene rings is 2. The molecular formula is C21H23N5O5S2. The van der Waals surface area contributed by atoms with Gasteiger partial charge in [0.1, 0.15) is 11.0 Å². The molecule has 0 aliphatic carbocycles. The fourth-order valence-electron chi connectivity index (χ4n) is 3.26. The van der Waals surface area contributed by atoms with Crippen LogP contribution in [0.4, 0.5) is 16.5 Å². The van der Waals surface area contributed by atoms with Gasteiger partial charge in [-0.05, 0) is 25.8 Å². The van der Waals surface area contributed by atoms with Crippen molar-refractivity contribution in [3.8, 4) is 10.6 Å². The quantitative estimate of drug-likeness (QED) is 0.374. The number of sulfonamides is 1. The van der Waals surface area contributed by atoms with E-state index in [1.165, 1.54) is 12.1 Å². The van der Waals surface area contributed by atoms with E-state index in [4.69, 9.17) is 0 Å². The number of amides is 1. The zero-order chi connectivity index (χ0) is 24.3. The van der Waals surface area contributed by atoms with Gasteiger partial charge in [-0.15, -0.1) is 10.2 Å². The summed E-state index contributed by atoms with van der Waals surface area (Å²) in [7, 11) is -3.96. The van der Waals surface area contributed by atoms with Crippen molar-refractivity contribution < 1.29 is 18.1 Å². The van der Waals surface area contributed by atoms with E-state index in [0.717, 1.165) is 39.1 Å². The van der Waals surface area contributed by atoms with Gasteiger partial charge in [-0.25, -0.2) is 8.42 Å². The van der Waals surface area contributed by atoms with Crippen LogP contribution in [0.5, 0.6) is 0 Å². The highest BCUT2D eigenvalue weighted by molar-refractivity contribution is 7.92. The predicted molar refractivity (Wildman–Crippen MR) is 128 cm³/mol. The van der Waals surface area contributed by atoms with Gasteiger partial charge in [0, 0.05) is 17.7 Å². The first-order valence-electron chi connectivity index (χ1n) is 9.97. The SMILES string of the molecule is CCC(C(=O)Nc1nnc(-c2ccc(C)cc2)s1)N(c1cc([N+](=O)[O-])ccc1C)S(C)(=O)=O. The minimum Gasteiger partial charge on any atom is -0.299 e. The third-order valence-electron chi connectivity index (χ3n) is 4.92. The second-order valence-electron chi connectivity index (χ2n) is 7.48. The van der Waals surface area contributed by atoms with Crippen molar-refractivity contribution in [2.75, 3.05) is 15.9 Å². The second-order valence-corrected chi connectivity index (χ2v) is 10.3. The van der Waals surface area contributed by atoms with Gasteiger partial charge in [0.2, 0.25) is 21.1 Å². The van der Waals surface area contributed by atoms with Crippen LogP contribution in [0.1, 0.15) is 24.5 Å². The Labute approximate surface area is 195 Å². The number of carbonyl (C=O) groups is 1. The highest BCUT2D eigenvalue weighted by atomic mass is 32.2. The van der Waals surface area contributed by atoms with E-state index in [1.54, 1.807) is 13.8 Å². The number of anilines is 2. The van der Waals surface area contributed by atoms with Gasteiger partial charge in [-0.3, -0.25) is 24.5 Å². The smallest absolute Gasteiger partial charge is 0.271 e. The lowest BCUT2D eigenvalue weighted by molar-refractivity contribution is -0.384. The number of non-ortho nitro benzene ring substituents is 1. The first-order chi connectivity index (χ1) is 15.5. The Morgan fingerprint density at radius 1 is 1.18 bits per heavy atom. The van der Waals surface area contributed by atoms with Gasteiger partial charge in [0.05, 0.1) is 16.9 Å². The number of nitrogens with zero attached hydrogens (tertiary/aromatic N) is 4. The number of aryl methyl sites for hydroxylation is 2. The Morgan fingerprint density at radius 3 is 2.42 bits per heavy atom. The molecule has 1 N–H and O–H groups in total. The third-order valence-corrected chi connectivity index (χ3v) is 6.98. The van der Waals surface area contributed by atoms with E-state index in [-0.39, 0.29) is 22.9 Å². The lowest BCUT2D eigenvalue weighted by Crippen LogP contribution is -2.47. The normalized spacial score (nSPS) is 12.2. The number of nitro benzene ring substituents is 1. The summed E-state index contributed by atoms with van der Waals surface area (Å²) >= 11 is 1.16. The van der Waals surface area contributed by atoms with Crippen molar-refractivity contribution in [3.05, 3.63) is 63.7 Å². The summed E-state index contributed by atoms with van der Waals surface area (Å²) in [5, 5.41) is 22.8. The molecule has 1 heterocycles. The molecule has 12 heteroatoms. The molecule has 1 amide bonds. The molecule has 174 valence electrons. The molecule has 2 aromatic carbocycles. The minimum absolute atomic E-state index is 0.0753. The summed E-state index contributed by atoms with van der Waals surface area (Å²) in [5.41, 5.74) is 2.23. The highest BCUT2D eigenvalue weighted by Gasteiger charge is 2.33. The maximum atomic E-state index is 13.1. The largest absolute Gasteiger partial charge is 0.299 e. The summed E-state index contributed by atoms with van der Waals surface area (Å²) in [6.45, 7) is 5.25. The molecule has 0 spiro atoms. The van der Waals surface area contributed by atoms with Crippen molar-refractivity contribution in [2.24, 2.45) is 0 Å². The van der Waals surface area contributed by atoms with Crippen LogP contribution in [0.25, 0.3) is 10.6 Å². The van der Waals surface area contributed by atoms with E-state index < -0.39 is 26.9 Å². The Kier molecular flexibility index (Phi) is 7.08. The molecule has 0 saturated carbocycles. The van der Waals surface area contributed by atoms with Crippen LogP contribution in [0.3, 0.4) is 0 Å². The van der Waals surface area contributed by atoms with E-state index in [9.17, 15) is 23.3 Å². The van der Waals surface area contributed by atoms with Gasteiger partial charge in [0.15, 0.2) is 0 Å². The lowest BCUT2D eigenvalue weighted by atomic mass is 10.1. The first-order valence-corrected chi connectivity index (χ1v) is 12.6. The van der Waals surface area contributed by atoms with E-state index in [0.29, 0.717) is 10.6 Å². The number of nitro groups is 1. The summed E-state index contributed by atoms with van der Waals surface area (Å²) in [6, 6.07) is 10.4. The van der Waals surface area contributed by atoms with Crippen LogP contribution in [0, 0.1) is 24.0 Å². The number of nitrogens with one attached hydrogen (secondary N) is 1. The predicted octanol–water partition coefficient (Wildman–Crippen LogP) is 3.91. The number of rotatable bonds is 8. The maximum absolute atomic E-state index is 13.1. The topological polar surface area (TPSA) is 135 Å². The molecule has 0 fully saturated rings. The van der Waals surface area contributed by atoms with Crippen molar-refractivity contribution in [2.45, 2.75) is 33.2 Å². The molecule has 0 aliphatic rings. The van der Waals surface area contributed by atoms with Crippen molar-refractivity contribution in [3.63, 3.8) is 0 Å². The van der Waals surface area contributed by atoms with Crippen LogP contribution in [0.2, 0.25) is 0 Å². The first kappa shape index (κ1) is 24.3. The Balaban J connectivity index is 1.92. The van der Waals surface area contributed by atoms with Crippen molar-refractivity contribution in [1.29, 1.82) is 0 Å². The molecule has 33 heavy (non-hydrogen) atoms. The third kappa shape index (κ3) is 5.52. The Hall–Kier alpha value is -3.38. The molecular weight excluding hydrogens is 466 g/mol. The van der Waals surface area contributed by atoms with Gasteiger partial charge >= 0.3 is 0 Å². The lowest BCUT2D eigenvalue weighted by Gasteiger charge is -2.30. The van der Waals surface area contributed by atoms with Crippen molar-refractivity contribution >= 4 is 43.8 Å². The summed E-state index contributed by atoms with van der Waals surface area (Å²) < 4.78 is 26.3. The second kappa shape index (κ2) is 9.63. The molecule has 3 rings (SSSR count). The Bertz CT molecular complexity index is 1290. The minimum atomic E-state index is -3.96. The average molecular weight is 490 g/mol.